The Bertz CT molecular complexity index is 1300. The lowest BCUT2D eigenvalue weighted by atomic mass is 9.60. The molecule has 0 bridgehead atoms. The van der Waals surface area contributed by atoms with Gasteiger partial charge in [-0.1, -0.05) is 86.6 Å². The van der Waals surface area contributed by atoms with Gasteiger partial charge in [0.1, 0.15) is 0 Å². The van der Waals surface area contributed by atoms with Crippen molar-refractivity contribution in [2.75, 3.05) is 0 Å². The second-order valence-electron chi connectivity index (χ2n) is 8.89. The van der Waals surface area contributed by atoms with Gasteiger partial charge in [0.05, 0.1) is 5.92 Å². The maximum atomic E-state index is 14.1. The first-order valence-corrected chi connectivity index (χ1v) is 13.3. The van der Waals surface area contributed by atoms with Crippen molar-refractivity contribution in [1.29, 1.82) is 0 Å². The highest BCUT2D eigenvalue weighted by Crippen LogP contribution is 2.53. The summed E-state index contributed by atoms with van der Waals surface area (Å²) in [7, 11) is 0. The van der Waals surface area contributed by atoms with Crippen LogP contribution in [0.3, 0.4) is 0 Å². The van der Waals surface area contributed by atoms with Crippen molar-refractivity contribution in [2.24, 2.45) is 23.7 Å². The Balaban J connectivity index is 1.74. The third-order valence-electron chi connectivity index (χ3n) is 6.96. The molecule has 2 aromatic heterocycles. The third-order valence-corrected chi connectivity index (χ3v) is 8.77. The van der Waals surface area contributed by atoms with Gasteiger partial charge in [-0.2, -0.15) is 0 Å². The van der Waals surface area contributed by atoms with Gasteiger partial charge in [0, 0.05) is 26.8 Å². The lowest BCUT2D eigenvalue weighted by molar-refractivity contribution is 0.0764. The van der Waals surface area contributed by atoms with Crippen LogP contribution in [0.15, 0.2) is 95.7 Å². The zero-order valence-electron chi connectivity index (χ0n) is 19.2. The summed E-state index contributed by atoms with van der Waals surface area (Å²) in [5.41, 5.74) is 3.63. The number of carbonyl (C=O) groups is 2. The van der Waals surface area contributed by atoms with Crippen LogP contribution in [-0.2, 0) is 0 Å². The molecule has 34 heavy (non-hydrogen) atoms. The Morgan fingerprint density at radius 1 is 0.618 bits per heavy atom. The Hall–Kier alpha value is -3.08. The van der Waals surface area contributed by atoms with Crippen LogP contribution in [-0.4, -0.2) is 11.6 Å². The largest absolute Gasteiger partial charge is 0.294 e. The summed E-state index contributed by atoms with van der Waals surface area (Å²) in [5.74, 6) is -0.642. The molecule has 0 unspecified atom stereocenters. The van der Waals surface area contributed by atoms with Crippen molar-refractivity contribution in [1.82, 2.24) is 0 Å². The van der Waals surface area contributed by atoms with Gasteiger partial charge in [-0.3, -0.25) is 9.59 Å². The third kappa shape index (κ3) is 4.02. The van der Waals surface area contributed by atoms with Crippen molar-refractivity contribution in [3.05, 3.63) is 117 Å². The second-order valence-corrected chi connectivity index (χ2v) is 10.8. The van der Waals surface area contributed by atoms with Gasteiger partial charge in [0.15, 0.2) is 11.6 Å². The molecule has 0 N–H and O–H groups in total. The molecule has 170 valence electrons. The predicted molar refractivity (Wildman–Crippen MR) is 142 cm³/mol. The Morgan fingerprint density at radius 2 is 1.12 bits per heavy atom. The van der Waals surface area contributed by atoms with Gasteiger partial charge in [-0.25, -0.2) is 0 Å². The molecule has 0 saturated heterocycles. The topological polar surface area (TPSA) is 34.1 Å². The van der Waals surface area contributed by atoms with E-state index in [-0.39, 0.29) is 29.3 Å². The van der Waals surface area contributed by atoms with Gasteiger partial charge in [0.2, 0.25) is 0 Å². The number of hydrogen-bond acceptors (Lipinski definition) is 4. The van der Waals surface area contributed by atoms with Crippen molar-refractivity contribution in [2.45, 2.75) is 13.8 Å². The molecule has 5 rings (SSSR count). The fraction of sp³-hybridized carbons (Fsp3) is 0.200. The zero-order chi connectivity index (χ0) is 23.7. The maximum absolute atomic E-state index is 14.1. The quantitative estimate of drug-likeness (QED) is 0.261. The van der Waals surface area contributed by atoms with E-state index in [1.54, 1.807) is 22.7 Å². The summed E-state index contributed by atoms with van der Waals surface area (Å²) < 4.78 is 0. The first kappa shape index (κ1) is 22.7. The number of carbonyl (C=O) groups excluding carboxylic acids is 2. The van der Waals surface area contributed by atoms with Gasteiger partial charge in [0.25, 0.3) is 0 Å². The Morgan fingerprint density at radius 3 is 1.62 bits per heavy atom. The first-order chi connectivity index (χ1) is 16.6. The molecular weight excluding hydrogens is 456 g/mol. The Labute approximate surface area is 208 Å². The van der Waals surface area contributed by atoms with Crippen LogP contribution in [0.4, 0.5) is 0 Å². The lowest BCUT2D eigenvalue weighted by Gasteiger charge is -2.42. The first-order valence-electron chi connectivity index (χ1n) is 11.6. The highest BCUT2D eigenvalue weighted by atomic mass is 32.1. The highest BCUT2D eigenvalue weighted by molar-refractivity contribution is 7.12. The smallest absolute Gasteiger partial charge is 0.170 e. The number of hydrogen-bond donors (Lipinski definition) is 0. The second kappa shape index (κ2) is 9.65. The van der Waals surface area contributed by atoms with Crippen LogP contribution >= 0.6 is 22.7 Å². The number of rotatable bonds is 6. The van der Waals surface area contributed by atoms with Gasteiger partial charge < -0.3 is 0 Å². The summed E-state index contributed by atoms with van der Waals surface area (Å²) in [6.45, 7) is 4.25. The van der Waals surface area contributed by atoms with Gasteiger partial charge in [-0.15, -0.1) is 22.7 Å². The Kier molecular flexibility index (Phi) is 6.44. The van der Waals surface area contributed by atoms with E-state index in [0.717, 1.165) is 20.9 Å². The van der Waals surface area contributed by atoms with E-state index in [2.05, 4.69) is 36.7 Å². The lowest BCUT2D eigenvalue weighted by Crippen LogP contribution is -2.41. The fourth-order valence-corrected chi connectivity index (χ4v) is 7.15. The minimum Gasteiger partial charge on any atom is -0.294 e. The minimum atomic E-state index is -0.396. The molecule has 0 fully saturated rings. The van der Waals surface area contributed by atoms with E-state index in [0.29, 0.717) is 11.1 Å². The summed E-state index contributed by atoms with van der Waals surface area (Å²) in [5, 5.41) is 4.14. The van der Waals surface area contributed by atoms with E-state index in [1.165, 1.54) is 0 Å². The van der Waals surface area contributed by atoms with Crippen LogP contribution in [0.2, 0.25) is 0 Å². The summed E-state index contributed by atoms with van der Waals surface area (Å²) >= 11 is 3.35. The maximum Gasteiger partial charge on any atom is 0.170 e. The molecule has 0 saturated carbocycles. The molecule has 4 heteroatoms. The number of ketones is 2. The van der Waals surface area contributed by atoms with E-state index in [4.69, 9.17) is 0 Å². The summed E-state index contributed by atoms with van der Waals surface area (Å²) in [4.78, 5) is 30.3. The molecule has 0 amide bonds. The molecule has 0 aliphatic heterocycles. The molecule has 1 aliphatic rings. The van der Waals surface area contributed by atoms with Gasteiger partial charge >= 0.3 is 0 Å². The molecule has 1 aliphatic carbocycles. The van der Waals surface area contributed by atoms with Crippen molar-refractivity contribution in [3.8, 4) is 0 Å². The summed E-state index contributed by atoms with van der Waals surface area (Å²) in [6.07, 6.45) is 0. The number of allylic oxidation sites excluding steroid dienone is 2. The van der Waals surface area contributed by atoms with Crippen LogP contribution in [0.5, 0.6) is 0 Å². The number of benzene rings is 2. The highest BCUT2D eigenvalue weighted by Gasteiger charge is 2.47. The molecule has 2 nitrogen and oxygen atoms in total. The average Bonchev–Trinajstić information content (AvgIpc) is 3.59. The number of thiophene rings is 2. The van der Waals surface area contributed by atoms with Crippen molar-refractivity contribution >= 4 is 45.4 Å². The van der Waals surface area contributed by atoms with E-state index >= 15 is 0 Å². The monoisotopic (exact) mass is 482 g/mol. The number of Topliss-reactive ketones (excluding diaryl/α,β-unsaturated/α-hetero) is 2. The van der Waals surface area contributed by atoms with Crippen LogP contribution in [0.25, 0.3) is 11.1 Å². The van der Waals surface area contributed by atoms with E-state index in [1.807, 2.05) is 72.8 Å². The van der Waals surface area contributed by atoms with Crippen LogP contribution < -0.4 is 0 Å². The molecule has 2 aromatic carbocycles. The van der Waals surface area contributed by atoms with Crippen molar-refractivity contribution in [3.63, 3.8) is 0 Å². The SMILES string of the molecule is C[C@@H]1[C@@H](C(=O)c2ccccc2)C(c2cccs2)=C(c2cccs2)[C@H](C)[C@@H]1C(=O)c1ccccc1. The van der Waals surface area contributed by atoms with Gasteiger partial charge in [-0.05, 0) is 45.9 Å². The zero-order valence-corrected chi connectivity index (χ0v) is 20.8. The predicted octanol–water partition coefficient (Wildman–Crippen LogP) is 8.00. The molecule has 2 heterocycles. The van der Waals surface area contributed by atoms with E-state index < -0.39 is 5.92 Å². The molecule has 4 atom stereocenters. The molecular formula is C30H26O2S2. The van der Waals surface area contributed by atoms with Crippen LogP contribution in [0.1, 0.15) is 44.3 Å². The van der Waals surface area contributed by atoms with Crippen LogP contribution in [0, 0.1) is 23.7 Å². The fourth-order valence-electron chi connectivity index (χ4n) is 5.44. The molecule has 0 radical (unpaired) electrons. The standard InChI is InChI=1S/C30H26O2S2/c1-19-25(29(31)21-11-5-3-6-12-21)20(2)27(30(32)22-13-7-4-8-14-22)28(24-16-10-18-34-24)26(19)23-15-9-17-33-23/h3-20,25,27H,1-2H3/t19-,20+,25+,27-/m1/s1. The molecule has 4 aromatic rings. The summed E-state index contributed by atoms with van der Waals surface area (Å²) in [6, 6.07) is 27.4. The normalized spacial score (nSPS) is 22.5. The van der Waals surface area contributed by atoms with Crippen molar-refractivity contribution < 1.29 is 9.59 Å². The average molecular weight is 483 g/mol. The molecule has 0 spiro atoms. The minimum absolute atomic E-state index is 0.0155. The van der Waals surface area contributed by atoms with E-state index in [9.17, 15) is 9.59 Å².